The predicted molar refractivity (Wildman–Crippen MR) is 101 cm³/mol. The summed E-state index contributed by atoms with van der Waals surface area (Å²) in [6.07, 6.45) is -0.549. The number of rotatable bonds is 6. The van der Waals surface area contributed by atoms with Gasteiger partial charge in [-0.3, -0.25) is 19.7 Å². The molecule has 0 saturated carbocycles. The zero-order valence-corrected chi connectivity index (χ0v) is 17.2. The molecule has 0 aromatic heterocycles. The van der Waals surface area contributed by atoms with Crippen molar-refractivity contribution in [2.45, 2.75) is 65.2 Å². The van der Waals surface area contributed by atoms with Gasteiger partial charge in [-0.05, 0) is 53.7 Å². The Kier molecular flexibility index (Phi) is 7.43. The molecule has 1 amide bonds. The number of ether oxygens (including phenoxy) is 2. The summed E-state index contributed by atoms with van der Waals surface area (Å²) < 4.78 is 23.7. The first-order valence-electron chi connectivity index (χ1n) is 8.78. The second-order valence-corrected chi connectivity index (χ2v) is 8.27. The van der Waals surface area contributed by atoms with E-state index < -0.39 is 63.5 Å². The lowest BCUT2D eigenvalue weighted by Gasteiger charge is -2.25. The van der Waals surface area contributed by atoms with Gasteiger partial charge in [-0.1, -0.05) is 0 Å². The van der Waals surface area contributed by atoms with Gasteiger partial charge in [0, 0.05) is 0 Å². The molecule has 0 bridgehead atoms. The Hall–Kier alpha value is -3.04. The zero-order valence-electron chi connectivity index (χ0n) is 17.2. The SMILES string of the molecule is CC(C)(C)OC(=O)C[C@H](NC(=O)c1ccc(F)cc1[N+](=O)[O-])C(=O)OC(C)(C)C. The number of hydrogen-bond acceptors (Lipinski definition) is 7. The Morgan fingerprint density at radius 1 is 1.10 bits per heavy atom. The normalized spacial score (nSPS) is 12.7. The van der Waals surface area contributed by atoms with E-state index in [1.807, 2.05) is 0 Å². The van der Waals surface area contributed by atoms with E-state index in [1.165, 1.54) is 0 Å². The topological polar surface area (TPSA) is 125 Å². The van der Waals surface area contributed by atoms with Crippen molar-refractivity contribution in [1.29, 1.82) is 0 Å². The maximum absolute atomic E-state index is 13.3. The molecule has 0 spiro atoms. The molecule has 0 unspecified atom stereocenters. The van der Waals surface area contributed by atoms with Crippen molar-refractivity contribution in [2.75, 3.05) is 0 Å². The smallest absolute Gasteiger partial charge is 0.329 e. The molecule has 0 saturated heterocycles. The molecule has 0 fully saturated rings. The van der Waals surface area contributed by atoms with Gasteiger partial charge in [0.05, 0.1) is 17.4 Å². The second kappa shape index (κ2) is 8.97. The van der Waals surface area contributed by atoms with Gasteiger partial charge in [-0.25, -0.2) is 9.18 Å². The predicted octanol–water partition coefficient (Wildman–Crippen LogP) is 2.91. The molecule has 9 nitrogen and oxygen atoms in total. The number of esters is 2. The Morgan fingerprint density at radius 3 is 2.14 bits per heavy atom. The van der Waals surface area contributed by atoms with Gasteiger partial charge >= 0.3 is 11.9 Å². The first-order chi connectivity index (χ1) is 13.1. The van der Waals surface area contributed by atoms with Crippen molar-refractivity contribution in [2.24, 2.45) is 0 Å². The van der Waals surface area contributed by atoms with Gasteiger partial charge in [0.25, 0.3) is 11.6 Å². The third-order valence-electron chi connectivity index (χ3n) is 3.19. The fourth-order valence-corrected chi connectivity index (χ4v) is 2.20. The Balaban J connectivity index is 3.13. The van der Waals surface area contributed by atoms with E-state index >= 15 is 0 Å². The fourth-order valence-electron chi connectivity index (χ4n) is 2.20. The molecule has 160 valence electrons. The van der Waals surface area contributed by atoms with E-state index in [-0.39, 0.29) is 0 Å². The minimum absolute atomic E-state index is 0.464. The zero-order chi connectivity index (χ0) is 22.6. The van der Waals surface area contributed by atoms with Crippen LogP contribution in [0.1, 0.15) is 58.3 Å². The largest absolute Gasteiger partial charge is 0.460 e. The summed E-state index contributed by atoms with van der Waals surface area (Å²) >= 11 is 0. The lowest BCUT2D eigenvalue weighted by atomic mass is 10.1. The molecule has 1 aromatic rings. The van der Waals surface area contributed by atoms with Gasteiger partial charge in [-0.2, -0.15) is 0 Å². The number of nitrogens with one attached hydrogen (secondary N) is 1. The highest BCUT2D eigenvalue weighted by Crippen LogP contribution is 2.20. The van der Waals surface area contributed by atoms with Crippen LogP contribution in [0.3, 0.4) is 0 Å². The number of nitrogens with zero attached hydrogens (tertiary/aromatic N) is 1. The molecule has 10 heteroatoms. The summed E-state index contributed by atoms with van der Waals surface area (Å²) in [5.74, 6) is -3.62. The lowest BCUT2D eigenvalue weighted by Crippen LogP contribution is -2.46. The van der Waals surface area contributed by atoms with Crippen molar-refractivity contribution in [3.63, 3.8) is 0 Å². The molecule has 0 radical (unpaired) electrons. The van der Waals surface area contributed by atoms with Crippen LogP contribution >= 0.6 is 0 Å². The Bertz CT molecular complexity index is 810. The van der Waals surface area contributed by atoms with Crippen LogP contribution in [0.4, 0.5) is 10.1 Å². The molecule has 0 heterocycles. The van der Waals surface area contributed by atoms with Crippen molar-refractivity contribution in [1.82, 2.24) is 5.32 Å². The third kappa shape index (κ3) is 8.24. The number of amides is 1. The van der Waals surface area contributed by atoms with Crippen LogP contribution in [-0.2, 0) is 19.1 Å². The lowest BCUT2D eigenvalue weighted by molar-refractivity contribution is -0.385. The second-order valence-electron chi connectivity index (χ2n) is 8.27. The van der Waals surface area contributed by atoms with Crippen LogP contribution in [-0.4, -0.2) is 40.0 Å². The van der Waals surface area contributed by atoms with Gasteiger partial charge < -0.3 is 14.8 Å². The molecular formula is C19H25FN2O7. The maximum Gasteiger partial charge on any atom is 0.329 e. The first-order valence-corrected chi connectivity index (χ1v) is 8.78. The quantitative estimate of drug-likeness (QED) is 0.433. The average molecular weight is 412 g/mol. The van der Waals surface area contributed by atoms with Crippen molar-refractivity contribution >= 4 is 23.5 Å². The monoisotopic (exact) mass is 412 g/mol. The minimum Gasteiger partial charge on any atom is -0.460 e. The minimum atomic E-state index is -1.46. The van der Waals surface area contributed by atoms with E-state index in [9.17, 15) is 28.9 Å². The first kappa shape index (κ1) is 24.0. The van der Waals surface area contributed by atoms with Gasteiger partial charge in [0.1, 0.15) is 28.6 Å². The number of carbonyl (C=O) groups is 3. The molecule has 1 N–H and O–H groups in total. The van der Waals surface area contributed by atoms with E-state index in [1.54, 1.807) is 41.5 Å². The van der Waals surface area contributed by atoms with Crippen molar-refractivity contribution in [3.8, 4) is 0 Å². The van der Waals surface area contributed by atoms with E-state index in [2.05, 4.69) is 5.32 Å². The summed E-state index contributed by atoms with van der Waals surface area (Å²) in [7, 11) is 0. The van der Waals surface area contributed by atoms with Crippen molar-refractivity contribution < 1.29 is 33.2 Å². The van der Waals surface area contributed by atoms with Crippen LogP contribution in [0, 0.1) is 15.9 Å². The summed E-state index contributed by atoms with van der Waals surface area (Å²) in [5, 5.41) is 13.4. The third-order valence-corrected chi connectivity index (χ3v) is 3.19. The molecule has 29 heavy (non-hydrogen) atoms. The van der Waals surface area contributed by atoms with E-state index in [4.69, 9.17) is 9.47 Å². The number of nitro groups is 1. The van der Waals surface area contributed by atoms with Gasteiger partial charge in [-0.15, -0.1) is 0 Å². The molecular weight excluding hydrogens is 387 g/mol. The fraction of sp³-hybridized carbons (Fsp3) is 0.526. The number of hydrogen-bond donors (Lipinski definition) is 1. The van der Waals surface area contributed by atoms with Crippen LogP contribution < -0.4 is 5.32 Å². The Labute approximate surface area is 167 Å². The van der Waals surface area contributed by atoms with Gasteiger partial charge in [0.2, 0.25) is 0 Å². The molecule has 1 aromatic carbocycles. The number of nitro benzene ring substituents is 1. The van der Waals surface area contributed by atoms with E-state index in [0.29, 0.717) is 6.07 Å². The number of carbonyl (C=O) groups excluding carboxylic acids is 3. The maximum atomic E-state index is 13.3. The highest BCUT2D eigenvalue weighted by atomic mass is 19.1. The molecule has 0 aliphatic rings. The standard InChI is InChI=1S/C19H25FN2O7/c1-18(2,3)28-15(23)10-13(17(25)29-19(4,5)6)21-16(24)12-8-7-11(20)9-14(12)22(26)27/h7-9,13H,10H2,1-6H3,(H,21,24)/t13-/m0/s1. The summed E-state index contributed by atoms with van der Waals surface area (Å²) in [4.78, 5) is 47.3. The average Bonchev–Trinajstić information content (AvgIpc) is 2.50. The highest BCUT2D eigenvalue weighted by molar-refractivity contribution is 6.00. The molecule has 0 aliphatic carbocycles. The van der Waals surface area contributed by atoms with Crippen LogP contribution in [0.15, 0.2) is 18.2 Å². The molecule has 0 aliphatic heterocycles. The van der Waals surface area contributed by atoms with Crippen molar-refractivity contribution in [3.05, 3.63) is 39.7 Å². The molecule has 1 rings (SSSR count). The van der Waals surface area contributed by atoms with Gasteiger partial charge in [0.15, 0.2) is 0 Å². The number of benzene rings is 1. The van der Waals surface area contributed by atoms with E-state index in [0.717, 1.165) is 12.1 Å². The van der Waals surface area contributed by atoms with Crippen LogP contribution in [0.2, 0.25) is 0 Å². The Morgan fingerprint density at radius 2 is 1.66 bits per heavy atom. The molecule has 1 atom stereocenters. The van der Waals surface area contributed by atoms with Crippen LogP contribution in [0.25, 0.3) is 0 Å². The van der Waals surface area contributed by atoms with Crippen LogP contribution in [0.5, 0.6) is 0 Å². The summed E-state index contributed by atoms with van der Waals surface area (Å²) in [6.45, 7) is 9.70. The summed E-state index contributed by atoms with van der Waals surface area (Å²) in [6, 6.07) is 0.924. The highest BCUT2D eigenvalue weighted by Gasteiger charge is 2.32. The summed E-state index contributed by atoms with van der Waals surface area (Å²) in [5.41, 5.74) is -2.97. The number of halogens is 1.